The van der Waals surface area contributed by atoms with Crippen molar-refractivity contribution in [3.63, 3.8) is 0 Å². The van der Waals surface area contributed by atoms with E-state index in [2.05, 4.69) is 5.32 Å². The lowest BCUT2D eigenvalue weighted by atomic mass is 10.8. The van der Waals surface area contributed by atoms with Crippen molar-refractivity contribution in [2.45, 2.75) is 0 Å². The first kappa shape index (κ1) is 10.9. The average molecular weight is 196 g/mol. The van der Waals surface area contributed by atoms with E-state index in [0.29, 0.717) is 0 Å². The van der Waals surface area contributed by atoms with Crippen LogP contribution in [0, 0.1) is 0 Å². The molecule has 0 radical (unpaired) electrons. The summed E-state index contributed by atoms with van der Waals surface area (Å²) in [7, 11) is 6.14. The molecule has 0 saturated carbocycles. The molecule has 1 amide bonds. The molecule has 0 aromatic heterocycles. The molecule has 0 rings (SSSR count). The van der Waals surface area contributed by atoms with Gasteiger partial charge < -0.3 is 10.4 Å². The lowest BCUT2D eigenvalue weighted by Gasteiger charge is -2.09. The molecule has 4 nitrogen and oxygen atoms in total. The molecule has 0 spiro atoms. The van der Waals surface area contributed by atoms with Gasteiger partial charge in [-0.1, -0.05) is 10.8 Å². The lowest BCUT2D eigenvalue weighted by molar-refractivity contribution is 0.181. The number of hydrogen-bond acceptors (Lipinski definition) is 4. The third kappa shape index (κ3) is 6.33. The standard InChI is InChI=1S/C5H12N2O2S2/c1-6-3-4-10-11-7(2)5(8)9/h6H,3-4H2,1-2H3,(H,8,9). The Morgan fingerprint density at radius 3 is 2.82 bits per heavy atom. The van der Waals surface area contributed by atoms with Crippen LogP contribution in [0.4, 0.5) is 4.79 Å². The molecule has 0 aliphatic rings. The molecule has 0 aliphatic carbocycles. The zero-order valence-electron chi connectivity index (χ0n) is 6.53. The Balaban J connectivity index is 3.17. The Kier molecular flexibility index (Phi) is 6.59. The van der Waals surface area contributed by atoms with Gasteiger partial charge in [0.1, 0.15) is 0 Å². The van der Waals surface area contributed by atoms with Gasteiger partial charge in [0.15, 0.2) is 0 Å². The van der Waals surface area contributed by atoms with Gasteiger partial charge >= 0.3 is 6.09 Å². The minimum atomic E-state index is -0.910. The van der Waals surface area contributed by atoms with Crippen molar-refractivity contribution >= 4 is 27.9 Å². The highest BCUT2D eigenvalue weighted by Crippen LogP contribution is 2.23. The molecule has 0 unspecified atom stereocenters. The van der Waals surface area contributed by atoms with Crippen molar-refractivity contribution in [2.24, 2.45) is 0 Å². The summed E-state index contributed by atoms with van der Waals surface area (Å²) in [5.41, 5.74) is 0. The molecule has 0 bridgehead atoms. The number of carboxylic acid groups (broad SMARTS) is 1. The molecule has 6 heteroatoms. The second kappa shape index (κ2) is 6.63. The second-order valence-corrected chi connectivity index (χ2v) is 4.28. The minimum Gasteiger partial charge on any atom is -0.464 e. The molecule has 0 heterocycles. The molecular formula is C5H12N2O2S2. The molecule has 11 heavy (non-hydrogen) atoms. The highest BCUT2D eigenvalue weighted by atomic mass is 33.1. The van der Waals surface area contributed by atoms with Gasteiger partial charge in [-0.15, -0.1) is 0 Å². The maximum atomic E-state index is 10.2. The van der Waals surface area contributed by atoms with E-state index in [1.165, 1.54) is 33.1 Å². The topological polar surface area (TPSA) is 52.6 Å². The first-order valence-corrected chi connectivity index (χ1v) is 5.37. The van der Waals surface area contributed by atoms with Crippen LogP contribution in [0.5, 0.6) is 0 Å². The van der Waals surface area contributed by atoms with Crippen molar-refractivity contribution in [3.8, 4) is 0 Å². The maximum Gasteiger partial charge on any atom is 0.417 e. The summed E-state index contributed by atoms with van der Waals surface area (Å²) in [5, 5.41) is 11.4. The number of rotatable bonds is 5. The van der Waals surface area contributed by atoms with Crippen molar-refractivity contribution in [2.75, 3.05) is 26.4 Å². The fraction of sp³-hybridized carbons (Fsp3) is 0.800. The van der Waals surface area contributed by atoms with E-state index in [0.717, 1.165) is 12.3 Å². The summed E-state index contributed by atoms with van der Waals surface area (Å²) in [6, 6.07) is 0. The average Bonchev–Trinajstić information content (AvgIpc) is 1.97. The van der Waals surface area contributed by atoms with E-state index in [4.69, 9.17) is 5.11 Å². The van der Waals surface area contributed by atoms with Crippen LogP contribution in [0.2, 0.25) is 0 Å². The summed E-state index contributed by atoms with van der Waals surface area (Å²) in [5.74, 6) is 0.902. The Hall–Kier alpha value is -0.0700. The Bertz CT molecular complexity index is 123. The van der Waals surface area contributed by atoms with Gasteiger partial charge in [0, 0.05) is 30.3 Å². The number of nitrogens with zero attached hydrogens (tertiary/aromatic N) is 1. The van der Waals surface area contributed by atoms with Gasteiger partial charge in [-0.25, -0.2) is 9.10 Å². The largest absolute Gasteiger partial charge is 0.464 e. The highest BCUT2D eigenvalue weighted by Gasteiger charge is 2.04. The van der Waals surface area contributed by atoms with Crippen LogP contribution in [-0.2, 0) is 0 Å². The van der Waals surface area contributed by atoms with Crippen LogP contribution in [0.3, 0.4) is 0 Å². The van der Waals surface area contributed by atoms with E-state index in [1.807, 2.05) is 7.05 Å². The molecule has 0 atom stereocenters. The Morgan fingerprint density at radius 2 is 2.36 bits per heavy atom. The molecular weight excluding hydrogens is 184 g/mol. The third-order valence-electron chi connectivity index (χ3n) is 0.869. The van der Waals surface area contributed by atoms with Gasteiger partial charge in [-0.05, 0) is 7.05 Å². The first-order chi connectivity index (χ1) is 5.18. The molecule has 66 valence electrons. The smallest absolute Gasteiger partial charge is 0.417 e. The van der Waals surface area contributed by atoms with Crippen molar-refractivity contribution in [1.29, 1.82) is 0 Å². The van der Waals surface area contributed by atoms with E-state index >= 15 is 0 Å². The van der Waals surface area contributed by atoms with Gasteiger partial charge in [0.2, 0.25) is 0 Å². The summed E-state index contributed by atoms with van der Waals surface area (Å²) in [6.45, 7) is 0.894. The van der Waals surface area contributed by atoms with Gasteiger partial charge in [0.25, 0.3) is 0 Å². The predicted molar refractivity (Wildman–Crippen MR) is 49.8 cm³/mol. The van der Waals surface area contributed by atoms with Gasteiger partial charge in [-0.2, -0.15) is 0 Å². The summed E-state index contributed by atoms with van der Waals surface area (Å²) < 4.78 is 1.18. The number of carbonyl (C=O) groups is 1. The van der Waals surface area contributed by atoms with Crippen molar-refractivity contribution in [1.82, 2.24) is 9.62 Å². The van der Waals surface area contributed by atoms with Gasteiger partial charge in [-0.3, -0.25) is 0 Å². The van der Waals surface area contributed by atoms with Crippen LogP contribution >= 0.6 is 21.8 Å². The monoisotopic (exact) mass is 196 g/mol. The van der Waals surface area contributed by atoms with Crippen LogP contribution < -0.4 is 5.32 Å². The highest BCUT2D eigenvalue weighted by molar-refractivity contribution is 8.75. The van der Waals surface area contributed by atoms with E-state index in [-0.39, 0.29) is 0 Å². The van der Waals surface area contributed by atoms with E-state index in [1.54, 1.807) is 0 Å². The SMILES string of the molecule is CNCCSSN(C)C(=O)O. The molecule has 0 aliphatic heterocycles. The van der Waals surface area contributed by atoms with Crippen molar-refractivity contribution < 1.29 is 9.90 Å². The Labute approximate surface area is 74.2 Å². The minimum absolute atomic E-state index is 0.894. The summed E-state index contributed by atoms with van der Waals surface area (Å²) >= 11 is 0. The normalized spacial score (nSPS) is 9.64. The summed E-state index contributed by atoms with van der Waals surface area (Å²) in [4.78, 5) is 10.2. The molecule has 0 aromatic carbocycles. The molecule has 0 saturated heterocycles. The van der Waals surface area contributed by atoms with Crippen molar-refractivity contribution in [3.05, 3.63) is 0 Å². The zero-order valence-corrected chi connectivity index (χ0v) is 8.17. The molecule has 0 aromatic rings. The third-order valence-corrected chi connectivity index (χ3v) is 3.21. The predicted octanol–water partition coefficient (Wildman–Crippen LogP) is 1.11. The van der Waals surface area contributed by atoms with E-state index < -0.39 is 6.09 Å². The van der Waals surface area contributed by atoms with Crippen LogP contribution in [-0.4, -0.2) is 41.9 Å². The zero-order chi connectivity index (χ0) is 8.69. The molecule has 2 N–H and O–H groups in total. The lowest BCUT2D eigenvalue weighted by Crippen LogP contribution is -2.16. The summed E-state index contributed by atoms with van der Waals surface area (Å²) in [6.07, 6.45) is -0.910. The van der Waals surface area contributed by atoms with Crippen LogP contribution in [0.15, 0.2) is 0 Å². The number of nitrogens with one attached hydrogen (secondary N) is 1. The first-order valence-electron chi connectivity index (χ1n) is 3.09. The Morgan fingerprint density at radius 1 is 1.73 bits per heavy atom. The van der Waals surface area contributed by atoms with Gasteiger partial charge in [0.05, 0.1) is 0 Å². The maximum absolute atomic E-state index is 10.2. The van der Waals surface area contributed by atoms with Crippen LogP contribution in [0.1, 0.15) is 0 Å². The number of amides is 1. The second-order valence-electron chi connectivity index (χ2n) is 1.78. The van der Waals surface area contributed by atoms with Crippen LogP contribution in [0.25, 0.3) is 0 Å². The fourth-order valence-corrected chi connectivity index (χ4v) is 2.02. The number of hydrogen-bond donors (Lipinski definition) is 2. The molecule has 0 fully saturated rings. The quantitative estimate of drug-likeness (QED) is 0.392. The fourth-order valence-electron chi connectivity index (χ4n) is 0.292. The van der Waals surface area contributed by atoms with E-state index in [9.17, 15) is 4.79 Å².